The highest BCUT2D eigenvalue weighted by atomic mass is 19.1. The van der Waals surface area contributed by atoms with Crippen LogP contribution >= 0.6 is 0 Å². The molecule has 0 aliphatic heterocycles. The molecule has 0 saturated carbocycles. The zero-order valence-electron chi connectivity index (χ0n) is 15.9. The van der Waals surface area contributed by atoms with Crippen molar-refractivity contribution in [1.29, 1.82) is 0 Å². The first-order chi connectivity index (χ1) is 14.1. The van der Waals surface area contributed by atoms with Crippen LogP contribution in [0.5, 0.6) is 5.75 Å². The molecule has 1 N–H and O–H groups in total. The number of fused-ring (bicyclic) bond motifs is 1. The summed E-state index contributed by atoms with van der Waals surface area (Å²) in [5.74, 6) is 0.638. The number of aryl methyl sites for hydroxylation is 1. The van der Waals surface area contributed by atoms with E-state index in [2.05, 4.69) is 10.3 Å². The summed E-state index contributed by atoms with van der Waals surface area (Å²) in [7, 11) is 1.84. The van der Waals surface area contributed by atoms with Gasteiger partial charge in [0, 0.05) is 19.4 Å². The molecule has 6 heteroatoms. The van der Waals surface area contributed by atoms with Crippen molar-refractivity contribution in [3.8, 4) is 5.75 Å². The molecule has 5 nitrogen and oxygen atoms in total. The van der Waals surface area contributed by atoms with E-state index in [4.69, 9.17) is 4.74 Å². The van der Waals surface area contributed by atoms with Crippen LogP contribution in [-0.4, -0.2) is 22.1 Å². The molecular weight excluding hydrogens is 369 g/mol. The Morgan fingerprint density at radius 3 is 2.59 bits per heavy atom. The number of amides is 1. The Kier molecular flexibility index (Phi) is 5.24. The normalized spacial score (nSPS) is 11.9. The summed E-state index contributed by atoms with van der Waals surface area (Å²) in [4.78, 5) is 16.9. The van der Waals surface area contributed by atoms with Crippen molar-refractivity contribution < 1.29 is 13.9 Å². The van der Waals surface area contributed by atoms with E-state index < -0.39 is 6.04 Å². The minimum absolute atomic E-state index is 0.138. The molecule has 0 fully saturated rings. The van der Waals surface area contributed by atoms with Gasteiger partial charge in [-0.05, 0) is 40.6 Å². The largest absolute Gasteiger partial charge is 0.484 e. The van der Waals surface area contributed by atoms with Crippen LogP contribution < -0.4 is 10.1 Å². The maximum Gasteiger partial charge on any atom is 0.258 e. The monoisotopic (exact) mass is 389 g/mol. The fourth-order valence-corrected chi connectivity index (χ4v) is 3.22. The van der Waals surface area contributed by atoms with Crippen LogP contribution in [0.25, 0.3) is 10.8 Å². The highest BCUT2D eigenvalue weighted by Gasteiger charge is 2.21. The molecule has 29 heavy (non-hydrogen) atoms. The fourth-order valence-electron chi connectivity index (χ4n) is 3.22. The van der Waals surface area contributed by atoms with Crippen LogP contribution in [0.15, 0.2) is 79.1 Å². The molecule has 4 aromatic rings. The molecule has 0 aliphatic carbocycles. The molecule has 4 rings (SSSR count). The first kappa shape index (κ1) is 18.7. The van der Waals surface area contributed by atoms with E-state index in [1.54, 1.807) is 24.5 Å². The lowest BCUT2D eigenvalue weighted by molar-refractivity contribution is -0.123. The molecule has 0 bridgehead atoms. The standard InChI is InChI=1S/C23H20FN3O2/c1-27-13-12-25-23(27)22(17-6-9-19(24)10-7-17)26-21(28)15-29-20-11-8-16-4-2-3-5-18(16)14-20/h2-14,22H,15H2,1H3,(H,26,28)/t22-/m0/s1. The van der Waals surface area contributed by atoms with Gasteiger partial charge in [-0.3, -0.25) is 4.79 Å². The minimum atomic E-state index is -0.511. The Bertz CT molecular complexity index is 1140. The van der Waals surface area contributed by atoms with Crippen LogP contribution in [-0.2, 0) is 11.8 Å². The van der Waals surface area contributed by atoms with Gasteiger partial charge >= 0.3 is 0 Å². The topological polar surface area (TPSA) is 56.2 Å². The van der Waals surface area contributed by atoms with E-state index in [1.807, 2.05) is 54.1 Å². The molecule has 1 heterocycles. The molecule has 0 unspecified atom stereocenters. The minimum Gasteiger partial charge on any atom is -0.484 e. The van der Waals surface area contributed by atoms with Crippen molar-refractivity contribution in [3.05, 3.63) is 96.3 Å². The summed E-state index contributed by atoms with van der Waals surface area (Å²) in [5.41, 5.74) is 0.736. The number of aromatic nitrogens is 2. The number of hydrogen-bond acceptors (Lipinski definition) is 3. The molecule has 1 atom stereocenters. The van der Waals surface area contributed by atoms with Gasteiger partial charge in [-0.2, -0.15) is 0 Å². The molecule has 3 aromatic carbocycles. The number of hydrogen-bond donors (Lipinski definition) is 1. The van der Waals surface area contributed by atoms with Crippen molar-refractivity contribution in [2.24, 2.45) is 7.05 Å². The van der Waals surface area contributed by atoms with E-state index in [0.29, 0.717) is 11.6 Å². The van der Waals surface area contributed by atoms with Crippen molar-refractivity contribution in [1.82, 2.24) is 14.9 Å². The molecule has 0 radical (unpaired) electrons. The quantitative estimate of drug-likeness (QED) is 0.542. The van der Waals surface area contributed by atoms with Crippen molar-refractivity contribution in [2.75, 3.05) is 6.61 Å². The average molecular weight is 389 g/mol. The van der Waals surface area contributed by atoms with Gasteiger partial charge < -0.3 is 14.6 Å². The summed E-state index contributed by atoms with van der Waals surface area (Å²) in [6.45, 7) is -0.138. The van der Waals surface area contributed by atoms with Crippen LogP contribution in [0, 0.1) is 5.82 Å². The van der Waals surface area contributed by atoms with Gasteiger partial charge in [0.1, 0.15) is 23.4 Å². The van der Waals surface area contributed by atoms with E-state index in [1.165, 1.54) is 12.1 Å². The van der Waals surface area contributed by atoms with Crippen molar-refractivity contribution >= 4 is 16.7 Å². The summed E-state index contributed by atoms with van der Waals surface area (Å²) < 4.78 is 20.8. The van der Waals surface area contributed by atoms with Crippen LogP contribution in [0.2, 0.25) is 0 Å². The van der Waals surface area contributed by atoms with Gasteiger partial charge in [0.25, 0.3) is 5.91 Å². The number of carbonyl (C=O) groups excluding carboxylic acids is 1. The summed E-state index contributed by atoms with van der Waals surface area (Å²) in [6, 6.07) is 19.1. The molecule has 1 amide bonds. The first-order valence-corrected chi connectivity index (χ1v) is 9.24. The fraction of sp³-hybridized carbons (Fsp3) is 0.130. The Morgan fingerprint density at radius 1 is 1.10 bits per heavy atom. The Morgan fingerprint density at radius 2 is 1.86 bits per heavy atom. The number of rotatable bonds is 6. The van der Waals surface area contributed by atoms with Gasteiger partial charge in [-0.15, -0.1) is 0 Å². The second kappa shape index (κ2) is 8.14. The first-order valence-electron chi connectivity index (χ1n) is 9.24. The Balaban J connectivity index is 1.48. The smallest absolute Gasteiger partial charge is 0.258 e. The maximum atomic E-state index is 13.3. The number of nitrogens with one attached hydrogen (secondary N) is 1. The Labute approximate surface area is 167 Å². The number of halogens is 1. The van der Waals surface area contributed by atoms with Gasteiger partial charge in [0.05, 0.1) is 0 Å². The lowest BCUT2D eigenvalue weighted by Gasteiger charge is -2.19. The number of nitrogens with zero attached hydrogens (tertiary/aromatic N) is 2. The molecule has 0 spiro atoms. The highest BCUT2D eigenvalue weighted by Crippen LogP contribution is 2.22. The van der Waals surface area contributed by atoms with E-state index in [0.717, 1.165) is 16.3 Å². The van der Waals surface area contributed by atoms with E-state index in [9.17, 15) is 9.18 Å². The molecular formula is C23H20FN3O2. The maximum absolute atomic E-state index is 13.3. The molecule has 0 saturated heterocycles. The SMILES string of the molecule is Cn1ccnc1[C@@H](NC(=O)COc1ccc2ccccc2c1)c1ccc(F)cc1. The van der Waals surface area contributed by atoms with Crippen LogP contribution in [0.1, 0.15) is 17.4 Å². The molecule has 146 valence electrons. The second-order valence-corrected chi connectivity index (χ2v) is 6.75. The summed E-state index contributed by atoms with van der Waals surface area (Å²) >= 11 is 0. The average Bonchev–Trinajstić information content (AvgIpc) is 3.16. The third-order valence-corrected chi connectivity index (χ3v) is 4.72. The van der Waals surface area contributed by atoms with Gasteiger partial charge in [-0.1, -0.05) is 42.5 Å². The zero-order chi connectivity index (χ0) is 20.2. The summed E-state index contributed by atoms with van der Waals surface area (Å²) in [6.07, 6.45) is 3.45. The predicted molar refractivity (Wildman–Crippen MR) is 109 cm³/mol. The van der Waals surface area contributed by atoms with Crippen molar-refractivity contribution in [3.63, 3.8) is 0 Å². The van der Waals surface area contributed by atoms with Gasteiger partial charge in [0.15, 0.2) is 6.61 Å². The van der Waals surface area contributed by atoms with Gasteiger partial charge in [-0.25, -0.2) is 9.37 Å². The van der Waals surface area contributed by atoms with Crippen LogP contribution in [0.4, 0.5) is 4.39 Å². The number of imidazole rings is 1. The third-order valence-electron chi connectivity index (χ3n) is 4.72. The molecule has 0 aliphatic rings. The molecule has 1 aromatic heterocycles. The van der Waals surface area contributed by atoms with Gasteiger partial charge in [0.2, 0.25) is 0 Å². The number of carbonyl (C=O) groups is 1. The Hall–Kier alpha value is -3.67. The number of benzene rings is 3. The lowest BCUT2D eigenvalue weighted by atomic mass is 10.1. The van der Waals surface area contributed by atoms with E-state index in [-0.39, 0.29) is 18.3 Å². The number of ether oxygens (including phenoxy) is 1. The zero-order valence-corrected chi connectivity index (χ0v) is 15.9. The highest BCUT2D eigenvalue weighted by molar-refractivity contribution is 5.84. The van der Waals surface area contributed by atoms with Crippen molar-refractivity contribution in [2.45, 2.75) is 6.04 Å². The lowest BCUT2D eigenvalue weighted by Crippen LogP contribution is -2.34. The van der Waals surface area contributed by atoms with Crippen LogP contribution in [0.3, 0.4) is 0 Å². The predicted octanol–water partition coefficient (Wildman–Crippen LogP) is 4.00. The third kappa shape index (κ3) is 4.27. The summed E-state index contributed by atoms with van der Waals surface area (Å²) in [5, 5.41) is 5.08. The second-order valence-electron chi connectivity index (χ2n) is 6.75. The van der Waals surface area contributed by atoms with E-state index >= 15 is 0 Å².